The van der Waals surface area contributed by atoms with Crippen molar-refractivity contribution in [2.24, 2.45) is 0 Å². The summed E-state index contributed by atoms with van der Waals surface area (Å²) < 4.78 is 40.1. The average Bonchev–Trinajstić information content (AvgIpc) is 3.21. The minimum absolute atomic E-state index is 0.0345. The number of nitrogens with one attached hydrogen (secondary N) is 1. The van der Waals surface area contributed by atoms with E-state index in [1.165, 1.54) is 10.5 Å². The van der Waals surface area contributed by atoms with Gasteiger partial charge in [0, 0.05) is 37.4 Å². The van der Waals surface area contributed by atoms with E-state index >= 15 is 0 Å². The summed E-state index contributed by atoms with van der Waals surface area (Å²) in [5.74, 6) is 0.147. The molecule has 0 atom stereocenters. The number of aromatic nitrogens is 3. The molecule has 1 aromatic carbocycles. The Morgan fingerprint density at radius 1 is 0.970 bits per heavy atom. The Labute approximate surface area is 191 Å². The number of rotatable bonds is 4. The number of nitrogens with zero attached hydrogens (tertiary/aromatic N) is 5. The first-order valence-electron chi connectivity index (χ1n) is 10.2. The molecule has 0 spiro atoms. The van der Waals surface area contributed by atoms with Crippen molar-refractivity contribution in [1.29, 1.82) is 0 Å². The van der Waals surface area contributed by atoms with E-state index in [-0.39, 0.29) is 36.4 Å². The average molecular weight is 481 g/mol. The molecule has 4 rings (SSSR count). The van der Waals surface area contributed by atoms with Crippen molar-refractivity contribution in [1.82, 2.24) is 29.7 Å². The Morgan fingerprint density at radius 2 is 1.64 bits per heavy atom. The molecule has 3 aromatic rings. The second-order valence-electron chi connectivity index (χ2n) is 7.59. The van der Waals surface area contributed by atoms with Gasteiger partial charge >= 0.3 is 12.2 Å². The van der Waals surface area contributed by atoms with E-state index in [2.05, 4.69) is 15.5 Å². The molecule has 33 heavy (non-hydrogen) atoms. The highest BCUT2D eigenvalue weighted by Crippen LogP contribution is 2.29. The zero-order valence-corrected chi connectivity index (χ0v) is 18.1. The first kappa shape index (κ1) is 22.8. The number of urea groups is 1. The molecule has 3 amide bonds. The Morgan fingerprint density at radius 3 is 2.30 bits per heavy atom. The Balaban J connectivity index is 1.30. The smallest absolute Gasteiger partial charge is 0.339 e. The monoisotopic (exact) mass is 480 g/mol. The van der Waals surface area contributed by atoms with Crippen molar-refractivity contribution >= 4 is 29.2 Å². The lowest BCUT2D eigenvalue weighted by molar-refractivity contribution is -0.138. The van der Waals surface area contributed by atoms with Crippen LogP contribution in [0.4, 0.5) is 18.0 Å². The van der Waals surface area contributed by atoms with Gasteiger partial charge in [-0.05, 0) is 29.8 Å². The van der Waals surface area contributed by atoms with E-state index in [4.69, 9.17) is 11.6 Å². The lowest BCUT2D eigenvalue weighted by Gasteiger charge is -2.34. The van der Waals surface area contributed by atoms with Gasteiger partial charge in [-0.2, -0.15) is 13.2 Å². The van der Waals surface area contributed by atoms with Crippen LogP contribution >= 0.6 is 11.6 Å². The van der Waals surface area contributed by atoms with E-state index in [1.54, 1.807) is 34.1 Å². The van der Waals surface area contributed by atoms with Crippen LogP contribution in [0.1, 0.15) is 17.0 Å². The summed E-state index contributed by atoms with van der Waals surface area (Å²) in [7, 11) is 0. The molecule has 0 bridgehead atoms. The molecule has 12 heteroatoms. The maximum atomic E-state index is 13.0. The molecule has 0 radical (unpaired) electrons. The molecule has 1 N–H and O–H groups in total. The lowest BCUT2D eigenvalue weighted by atomic mass is 10.1. The maximum absolute atomic E-state index is 13.0. The second kappa shape index (κ2) is 9.26. The van der Waals surface area contributed by atoms with Crippen LogP contribution in [0.5, 0.6) is 0 Å². The first-order chi connectivity index (χ1) is 15.7. The minimum atomic E-state index is -4.50. The molecule has 174 valence electrons. The van der Waals surface area contributed by atoms with Crippen LogP contribution in [0.15, 0.2) is 42.6 Å². The van der Waals surface area contributed by atoms with Crippen LogP contribution in [-0.2, 0) is 23.9 Å². The minimum Gasteiger partial charge on any atom is -0.339 e. The van der Waals surface area contributed by atoms with E-state index in [0.29, 0.717) is 31.2 Å². The Bertz CT molecular complexity index is 1160. The van der Waals surface area contributed by atoms with Crippen LogP contribution in [0, 0.1) is 0 Å². The molecule has 8 nitrogen and oxygen atoms in total. The van der Waals surface area contributed by atoms with Gasteiger partial charge < -0.3 is 15.1 Å². The predicted molar refractivity (Wildman–Crippen MR) is 114 cm³/mol. The van der Waals surface area contributed by atoms with E-state index < -0.39 is 11.7 Å². The maximum Gasteiger partial charge on any atom is 0.417 e. The lowest BCUT2D eigenvalue weighted by Crippen LogP contribution is -2.53. The Hall–Kier alpha value is -3.34. The largest absolute Gasteiger partial charge is 0.417 e. The molecule has 3 heterocycles. The van der Waals surface area contributed by atoms with Crippen molar-refractivity contribution < 1.29 is 22.8 Å². The molecule has 1 saturated heterocycles. The third kappa shape index (κ3) is 5.36. The highest BCUT2D eigenvalue weighted by Gasteiger charge is 2.31. The van der Waals surface area contributed by atoms with Crippen LogP contribution < -0.4 is 5.32 Å². The summed E-state index contributed by atoms with van der Waals surface area (Å²) in [6, 6.07) is 8.83. The van der Waals surface area contributed by atoms with Crippen LogP contribution in [-0.4, -0.2) is 62.5 Å². The number of halogens is 4. The predicted octanol–water partition coefficient (Wildman–Crippen LogP) is 3.00. The highest BCUT2D eigenvalue weighted by molar-refractivity contribution is 6.30. The number of fused-ring (bicyclic) bond motifs is 1. The summed E-state index contributed by atoms with van der Waals surface area (Å²) in [5, 5.41) is 11.0. The van der Waals surface area contributed by atoms with Crippen molar-refractivity contribution in [3.05, 3.63) is 64.6 Å². The fraction of sp³-hybridized carbons (Fsp3) is 0.333. The van der Waals surface area contributed by atoms with Gasteiger partial charge in [-0.15, -0.1) is 10.2 Å². The highest BCUT2D eigenvalue weighted by atomic mass is 35.5. The van der Waals surface area contributed by atoms with Crippen molar-refractivity contribution in [2.45, 2.75) is 19.1 Å². The summed E-state index contributed by atoms with van der Waals surface area (Å²) in [6.07, 6.45) is -3.34. The van der Waals surface area contributed by atoms with Crippen LogP contribution in [0.25, 0.3) is 5.65 Å². The first-order valence-corrected chi connectivity index (χ1v) is 10.5. The summed E-state index contributed by atoms with van der Waals surface area (Å²) in [5.41, 5.74) is 0.278. The molecule has 1 aliphatic rings. The van der Waals surface area contributed by atoms with Gasteiger partial charge in [-0.3, -0.25) is 9.20 Å². The molecule has 0 saturated carbocycles. The van der Waals surface area contributed by atoms with Crippen molar-refractivity contribution in [2.75, 3.05) is 26.2 Å². The number of alkyl halides is 3. The molecule has 0 aliphatic carbocycles. The summed E-state index contributed by atoms with van der Waals surface area (Å²) in [6.45, 7) is 1.39. The zero-order chi connectivity index (χ0) is 23.6. The quantitative estimate of drug-likeness (QED) is 0.622. The second-order valence-corrected chi connectivity index (χ2v) is 8.03. The number of benzene rings is 1. The summed E-state index contributed by atoms with van der Waals surface area (Å²) >= 11 is 5.86. The number of amides is 3. The number of hydrogen-bond acceptors (Lipinski definition) is 4. The topological polar surface area (TPSA) is 82.8 Å². The summed E-state index contributed by atoms with van der Waals surface area (Å²) in [4.78, 5) is 28.3. The SMILES string of the molecule is O=C(Cc1ccc(Cl)cc1)N1CCN(C(=O)NCc2nnc3ccc(C(F)(F)F)cn23)CC1. The van der Waals surface area contributed by atoms with E-state index in [1.807, 2.05) is 0 Å². The van der Waals surface area contributed by atoms with Gasteiger partial charge in [-0.25, -0.2) is 4.79 Å². The number of carbonyl (C=O) groups excluding carboxylic acids is 2. The molecule has 1 aliphatic heterocycles. The van der Waals surface area contributed by atoms with Gasteiger partial charge in [0.2, 0.25) is 5.91 Å². The van der Waals surface area contributed by atoms with E-state index in [9.17, 15) is 22.8 Å². The van der Waals surface area contributed by atoms with Gasteiger partial charge in [0.05, 0.1) is 18.5 Å². The number of piperazine rings is 1. The third-order valence-corrected chi connectivity index (χ3v) is 5.64. The fourth-order valence-corrected chi connectivity index (χ4v) is 3.67. The molecular weight excluding hydrogens is 461 g/mol. The van der Waals surface area contributed by atoms with Crippen molar-refractivity contribution in [3.8, 4) is 0 Å². The van der Waals surface area contributed by atoms with Gasteiger partial charge in [0.25, 0.3) is 0 Å². The number of hydrogen-bond donors (Lipinski definition) is 1. The standard InChI is InChI=1S/C21H20ClF3N6O2/c22-16-4-1-14(2-5-16)11-19(32)29-7-9-30(10-8-29)20(33)26-12-18-28-27-17-6-3-15(13-31(17)18)21(23,24)25/h1-6,13H,7-12H2,(H,26,33). The third-order valence-electron chi connectivity index (χ3n) is 5.39. The number of carbonyl (C=O) groups is 2. The van der Waals surface area contributed by atoms with Gasteiger partial charge in [0.1, 0.15) is 0 Å². The fourth-order valence-electron chi connectivity index (χ4n) is 3.54. The van der Waals surface area contributed by atoms with Crippen molar-refractivity contribution in [3.63, 3.8) is 0 Å². The normalized spacial score (nSPS) is 14.5. The van der Waals surface area contributed by atoms with Gasteiger partial charge in [0.15, 0.2) is 11.5 Å². The zero-order valence-electron chi connectivity index (χ0n) is 17.3. The van der Waals surface area contributed by atoms with E-state index in [0.717, 1.165) is 17.8 Å². The number of pyridine rings is 1. The molecule has 1 fully saturated rings. The molecular formula is C21H20ClF3N6O2. The van der Waals surface area contributed by atoms with Crippen LogP contribution in [0.3, 0.4) is 0 Å². The van der Waals surface area contributed by atoms with Gasteiger partial charge in [-0.1, -0.05) is 23.7 Å². The van der Waals surface area contributed by atoms with Crippen LogP contribution in [0.2, 0.25) is 5.02 Å². The Kier molecular flexibility index (Phi) is 6.41. The molecule has 2 aromatic heterocycles. The molecule has 0 unspecified atom stereocenters.